The fourth-order valence-electron chi connectivity index (χ4n) is 6.38. The number of nitrogens with zero attached hydrogens (tertiary/aromatic N) is 2. The van der Waals surface area contributed by atoms with Crippen LogP contribution in [0.15, 0.2) is 52.9 Å². The van der Waals surface area contributed by atoms with Crippen LogP contribution in [0.25, 0.3) is 11.1 Å². The summed E-state index contributed by atoms with van der Waals surface area (Å²) in [5, 5.41) is 5.37. The molecule has 210 valence electrons. The maximum absolute atomic E-state index is 13.8. The topological polar surface area (TPSA) is 87.5 Å². The van der Waals surface area contributed by atoms with Gasteiger partial charge in [0.1, 0.15) is 17.6 Å². The lowest BCUT2D eigenvalue weighted by Crippen LogP contribution is -2.41. The van der Waals surface area contributed by atoms with Crippen molar-refractivity contribution in [3.05, 3.63) is 65.5 Å². The number of carbonyl (C=O) groups is 2. The van der Waals surface area contributed by atoms with Crippen LogP contribution in [0.2, 0.25) is 0 Å². The quantitative estimate of drug-likeness (QED) is 0.361. The lowest BCUT2D eigenvalue weighted by atomic mass is 9.87. The number of amides is 3. The lowest BCUT2D eigenvalue weighted by molar-refractivity contribution is -0.149. The van der Waals surface area contributed by atoms with Crippen LogP contribution in [0.4, 0.5) is 18.0 Å². The summed E-state index contributed by atoms with van der Waals surface area (Å²) in [5.74, 6) is 1.81. The van der Waals surface area contributed by atoms with Crippen molar-refractivity contribution in [2.24, 2.45) is 17.8 Å². The molecule has 7 nitrogen and oxygen atoms in total. The second-order valence-electron chi connectivity index (χ2n) is 11.9. The first-order valence-electron chi connectivity index (χ1n) is 14.1. The Hall–Kier alpha value is -3.56. The highest BCUT2D eigenvalue weighted by Crippen LogP contribution is 2.55. The first-order valence-corrected chi connectivity index (χ1v) is 14.1. The van der Waals surface area contributed by atoms with Crippen molar-refractivity contribution in [2.45, 2.75) is 68.7 Å². The normalized spacial score (nSPS) is 22.9. The average molecular weight is 553 g/mol. The van der Waals surface area contributed by atoms with Crippen LogP contribution in [0.1, 0.15) is 61.6 Å². The Balaban J connectivity index is 1.15. The molecule has 10 heteroatoms. The molecule has 2 aromatic carbocycles. The minimum atomic E-state index is -4.49. The number of nitrogens with one attached hydrogen (secondary N) is 2. The molecule has 3 aliphatic carbocycles. The molecule has 4 fully saturated rings. The zero-order chi connectivity index (χ0) is 27.6. The lowest BCUT2D eigenvalue weighted by Gasteiger charge is -2.28. The molecule has 40 heavy (non-hydrogen) atoms. The summed E-state index contributed by atoms with van der Waals surface area (Å²) in [4.78, 5) is 31.9. The van der Waals surface area contributed by atoms with Crippen molar-refractivity contribution in [2.75, 3.05) is 6.54 Å². The van der Waals surface area contributed by atoms with Crippen LogP contribution in [0, 0.1) is 17.8 Å². The Morgan fingerprint density at radius 1 is 1.10 bits per heavy atom. The fourth-order valence-corrected chi connectivity index (χ4v) is 6.38. The van der Waals surface area contributed by atoms with E-state index in [0.29, 0.717) is 34.4 Å². The third-order valence-electron chi connectivity index (χ3n) is 9.01. The molecule has 1 saturated heterocycles. The Kier molecular flexibility index (Phi) is 5.87. The minimum absolute atomic E-state index is 0.0113. The van der Waals surface area contributed by atoms with Crippen LogP contribution < -0.4 is 10.6 Å². The van der Waals surface area contributed by atoms with E-state index >= 15 is 0 Å². The van der Waals surface area contributed by atoms with Crippen molar-refractivity contribution in [3.8, 4) is 0 Å². The van der Waals surface area contributed by atoms with E-state index in [1.807, 2.05) is 35.6 Å². The van der Waals surface area contributed by atoms with E-state index in [9.17, 15) is 22.8 Å². The van der Waals surface area contributed by atoms with Gasteiger partial charge in [-0.05, 0) is 79.5 Å². The molecule has 3 saturated carbocycles. The molecule has 0 radical (unpaired) electrons. The van der Waals surface area contributed by atoms with Crippen LogP contribution >= 0.6 is 0 Å². The van der Waals surface area contributed by atoms with E-state index < -0.39 is 30.2 Å². The van der Waals surface area contributed by atoms with Crippen LogP contribution in [-0.2, 0) is 16.8 Å². The molecule has 2 unspecified atom stereocenters. The monoisotopic (exact) mass is 552 g/mol. The van der Waals surface area contributed by atoms with Gasteiger partial charge in [0.2, 0.25) is 11.8 Å². The smallest absolute Gasteiger partial charge is 0.410 e. The average Bonchev–Trinajstić information content (AvgIpc) is 3.82. The largest absolute Gasteiger partial charge is 0.438 e. The summed E-state index contributed by atoms with van der Waals surface area (Å²) in [6.45, 7) is -0.407. The van der Waals surface area contributed by atoms with Gasteiger partial charge >= 0.3 is 12.2 Å². The Morgan fingerprint density at radius 2 is 1.80 bits per heavy atom. The third-order valence-corrected chi connectivity index (χ3v) is 9.01. The van der Waals surface area contributed by atoms with Crippen molar-refractivity contribution in [3.63, 3.8) is 0 Å². The zero-order valence-electron chi connectivity index (χ0n) is 21.9. The number of rotatable bonds is 9. The van der Waals surface area contributed by atoms with Gasteiger partial charge in [0, 0.05) is 6.54 Å². The van der Waals surface area contributed by atoms with Gasteiger partial charge in [-0.1, -0.05) is 36.4 Å². The number of aromatic nitrogens is 1. The fraction of sp³-hybridized carbons (Fsp3) is 0.500. The van der Waals surface area contributed by atoms with Crippen molar-refractivity contribution < 1.29 is 27.2 Å². The number of hydrogen-bond acceptors (Lipinski definition) is 4. The number of hydrogen-bond donors (Lipinski definition) is 2. The van der Waals surface area contributed by atoms with Crippen molar-refractivity contribution >= 4 is 23.0 Å². The number of fused-ring (bicyclic) bond motifs is 1. The maximum Gasteiger partial charge on any atom is 0.410 e. The summed E-state index contributed by atoms with van der Waals surface area (Å²) in [7, 11) is 0. The van der Waals surface area contributed by atoms with E-state index in [1.54, 1.807) is 18.2 Å². The third kappa shape index (κ3) is 4.71. The van der Waals surface area contributed by atoms with Gasteiger partial charge in [-0.15, -0.1) is 0 Å². The number of benzene rings is 2. The SMILES string of the molecule is O=C1NC(C(F)(F)F)CN1Cc1ccc2oc(C(NC(=O)C3(c4ccccc4)CC3)C(C3CC3)C3CC3)nc2c1. The number of halogens is 3. The van der Waals surface area contributed by atoms with Gasteiger partial charge in [-0.2, -0.15) is 13.2 Å². The summed E-state index contributed by atoms with van der Waals surface area (Å²) in [5.41, 5.74) is 2.29. The maximum atomic E-state index is 13.8. The number of alkyl halides is 3. The predicted molar refractivity (Wildman–Crippen MR) is 140 cm³/mol. The van der Waals surface area contributed by atoms with Crippen molar-refractivity contribution in [1.82, 2.24) is 20.5 Å². The molecule has 0 spiro atoms. The molecule has 1 aromatic heterocycles. The Bertz CT molecular complexity index is 1430. The molecular formula is C30H31F3N4O3. The van der Waals surface area contributed by atoms with Crippen LogP contribution in [-0.4, -0.2) is 40.6 Å². The van der Waals surface area contributed by atoms with Gasteiger partial charge < -0.3 is 20.0 Å². The standard InChI is InChI=1S/C30H31F3N4O3/c31-30(32,33)23-16-37(28(39)35-23)15-17-6-11-22-21(14-17)34-26(40-22)25(24(18-7-8-18)19-9-10-19)36-27(38)29(12-13-29)20-4-2-1-3-5-20/h1-6,11,14,18-19,23-25H,7-10,12-13,15-16H2,(H,35,39)(H,36,38). The van der Waals surface area contributed by atoms with E-state index in [1.165, 1.54) is 0 Å². The number of carbonyl (C=O) groups excluding carboxylic acids is 2. The Labute approximate surface area is 229 Å². The second-order valence-corrected chi connectivity index (χ2v) is 11.9. The highest BCUT2D eigenvalue weighted by atomic mass is 19.4. The van der Waals surface area contributed by atoms with E-state index in [-0.39, 0.29) is 24.4 Å². The molecular weight excluding hydrogens is 521 g/mol. The van der Waals surface area contributed by atoms with Crippen molar-refractivity contribution in [1.29, 1.82) is 0 Å². The summed E-state index contributed by atoms with van der Waals surface area (Å²) in [6.07, 6.45) is 1.68. The summed E-state index contributed by atoms with van der Waals surface area (Å²) in [6, 6.07) is 12.2. The van der Waals surface area contributed by atoms with E-state index in [0.717, 1.165) is 49.0 Å². The molecule has 1 aliphatic heterocycles. The van der Waals surface area contributed by atoms with Gasteiger partial charge in [-0.3, -0.25) is 4.79 Å². The van der Waals surface area contributed by atoms with E-state index in [2.05, 4.69) is 5.32 Å². The van der Waals surface area contributed by atoms with Gasteiger partial charge in [0.25, 0.3) is 0 Å². The van der Waals surface area contributed by atoms with Crippen LogP contribution in [0.5, 0.6) is 0 Å². The van der Waals surface area contributed by atoms with E-state index in [4.69, 9.17) is 9.40 Å². The molecule has 2 atom stereocenters. The highest BCUT2D eigenvalue weighted by Gasteiger charge is 2.54. The molecule has 4 aliphatic rings. The zero-order valence-corrected chi connectivity index (χ0v) is 21.9. The Morgan fingerprint density at radius 3 is 2.40 bits per heavy atom. The van der Waals surface area contributed by atoms with Gasteiger partial charge in [-0.25, -0.2) is 9.78 Å². The minimum Gasteiger partial charge on any atom is -0.438 e. The van der Waals surface area contributed by atoms with Gasteiger partial charge in [0.05, 0.1) is 12.0 Å². The first kappa shape index (κ1) is 25.4. The molecule has 2 heterocycles. The predicted octanol–water partition coefficient (Wildman–Crippen LogP) is 5.61. The molecule has 7 rings (SSSR count). The van der Waals surface area contributed by atoms with Crippen LogP contribution in [0.3, 0.4) is 0 Å². The molecule has 3 aromatic rings. The highest BCUT2D eigenvalue weighted by molar-refractivity contribution is 5.91. The number of urea groups is 1. The summed E-state index contributed by atoms with van der Waals surface area (Å²) >= 11 is 0. The number of oxazole rings is 1. The molecule has 0 bridgehead atoms. The van der Waals surface area contributed by atoms with Gasteiger partial charge in [0.15, 0.2) is 5.58 Å². The molecule has 3 amide bonds. The second kappa shape index (κ2) is 9.24. The molecule has 2 N–H and O–H groups in total. The summed E-state index contributed by atoms with van der Waals surface area (Å²) < 4.78 is 45.5. The first-order chi connectivity index (χ1) is 19.2.